The lowest BCUT2D eigenvalue weighted by atomic mass is 9.78. The molecule has 2 heterocycles. The van der Waals surface area contributed by atoms with Crippen LogP contribution < -0.4 is 4.90 Å². The van der Waals surface area contributed by atoms with E-state index in [4.69, 9.17) is 11.6 Å². The predicted octanol–water partition coefficient (Wildman–Crippen LogP) is 9.42. The van der Waals surface area contributed by atoms with Gasteiger partial charge >= 0.3 is 0 Å². The van der Waals surface area contributed by atoms with Crippen molar-refractivity contribution in [3.05, 3.63) is 130 Å². The highest BCUT2D eigenvalue weighted by atomic mass is 35.5. The molecule has 0 radical (unpaired) electrons. The number of allylic oxidation sites excluding steroid dienone is 8. The number of anilines is 1. The molecule has 8 nitrogen and oxygen atoms in total. The number of fused-ring (bicyclic) bond motifs is 6. The van der Waals surface area contributed by atoms with Gasteiger partial charge in [0.15, 0.2) is 5.71 Å². The molecule has 3 aliphatic rings. The molecule has 0 spiro atoms. The Balaban J connectivity index is 1.26. The fourth-order valence-electron chi connectivity index (χ4n) is 8.92. The minimum absolute atomic E-state index is 0.208. The van der Waals surface area contributed by atoms with Gasteiger partial charge in [-0.15, -0.1) is 0 Å². The predicted molar refractivity (Wildman–Crippen MR) is 223 cm³/mol. The minimum Gasteiger partial charge on any atom is -0.748 e. The van der Waals surface area contributed by atoms with Gasteiger partial charge in [0.2, 0.25) is 5.69 Å². The SMILES string of the molecule is CC1(C)C(=CC=C2CCCC(C=CC3=[N+](CCCS(=O)(=O)[O-])c4ccc5ccccc5c4C3(C)C)=C2Cl)N(CCCS(=O)(=O)O)c2ccc3ccccc3c21. The van der Waals surface area contributed by atoms with Crippen molar-refractivity contribution in [2.24, 2.45) is 0 Å². The van der Waals surface area contributed by atoms with Gasteiger partial charge in [-0.1, -0.05) is 92.2 Å². The Morgan fingerprint density at radius 1 is 0.800 bits per heavy atom. The van der Waals surface area contributed by atoms with Crippen molar-refractivity contribution in [1.82, 2.24) is 0 Å². The summed E-state index contributed by atoms with van der Waals surface area (Å²) in [5, 5.41) is 5.24. The fraction of sp³-hybridized carbons (Fsp3) is 0.341. The first-order valence-corrected chi connectivity index (χ1v) is 22.4. The van der Waals surface area contributed by atoms with E-state index >= 15 is 0 Å². The third-order valence-electron chi connectivity index (χ3n) is 11.4. The van der Waals surface area contributed by atoms with Crippen LogP contribution in [0.2, 0.25) is 0 Å². The summed E-state index contributed by atoms with van der Waals surface area (Å²) in [6.45, 7) is 9.56. The molecule has 0 aromatic heterocycles. The molecule has 288 valence electrons. The van der Waals surface area contributed by atoms with Crippen LogP contribution in [0.4, 0.5) is 11.4 Å². The molecule has 7 rings (SSSR count). The van der Waals surface area contributed by atoms with Gasteiger partial charge in [-0.05, 0) is 96.0 Å². The third kappa shape index (κ3) is 7.72. The summed E-state index contributed by atoms with van der Waals surface area (Å²) < 4.78 is 69.7. The Morgan fingerprint density at radius 3 is 2.13 bits per heavy atom. The fourth-order valence-corrected chi connectivity index (χ4v) is 10.2. The van der Waals surface area contributed by atoms with E-state index in [0.717, 1.165) is 74.7 Å². The molecular formula is C44H47ClN2O6S2. The van der Waals surface area contributed by atoms with Gasteiger partial charge in [0.25, 0.3) is 10.1 Å². The lowest BCUT2D eigenvalue weighted by molar-refractivity contribution is -0.437. The molecule has 4 aromatic rings. The maximum atomic E-state index is 11.7. The average Bonchev–Trinajstić information content (AvgIpc) is 3.47. The second kappa shape index (κ2) is 14.8. The van der Waals surface area contributed by atoms with E-state index in [2.05, 4.69) is 110 Å². The second-order valence-electron chi connectivity index (χ2n) is 15.8. The van der Waals surface area contributed by atoms with Gasteiger partial charge in [0, 0.05) is 58.3 Å². The smallest absolute Gasteiger partial charge is 0.264 e. The van der Waals surface area contributed by atoms with Crippen molar-refractivity contribution in [3.8, 4) is 0 Å². The van der Waals surface area contributed by atoms with E-state index in [-0.39, 0.29) is 18.6 Å². The Bertz CT molecular complexity index is 2600. The van der Waals surface area contributed by atoms with Crippen LogP contribution in [0.25, 0.3) is 21.5 Å². The first kappa shape index (κ1) is 39.2. The number of rotatable bonds is 11. The van der Waals surface area contributed by atoms with Crippen LogP contribution >= 0.6 is 11.6 Å². The summed E-state index contributed by atoms with van der Waals surface area (Å²) in [6.07, 6.45) is 11.4. The highest BCUT2D eigenvalue weighted by molar-refractivity contribution is 7.85. The Labute approximate surface area is 329 Å². The van der Waals surface area contributed by atoms with E-state index in [9.17, 15) is 25.9 Å². The first-order chi connectivity index (χ1) is 26.0. The first-order valence-electron chi connectivity index (χ1n) is 18.8. The van der Waals surface area contributed by atoms with Gasteiger partial charge in [0.05, 0.1) is 21.3 Å². The summed E-state index contributed by atoms with van der Waals surface area (Å²) >= 11 is 7.24. The van der Waals surface area contributed by atoms with E-state index < -0.39 is 36.8 Å². The number of benzene rings is 4. The number of hydrogen-bond donors (Lipinski definition) is 1. The number of halogens is 1. The molecule has 0 bridgehead atoms. The monoisotopic (exact) mass is 798 g/mol. The molecule has 4 aromatic carbocycles. The highest BCUT2D eigenvalue weighted by Gasteiger charge is 2.45. The zero-order valence-corrected chi connectivity index (χ0v) is 34.1. The van der Waals surface area contributed by atoms with Crippen LogP contribution in [-0.4, -0.2) is 60.8 Å². The lowest BCUT2D eigenvalue weighted by Crippen LogP contribution is -2.28. The quantitative estimate of drug-likeness (QED) is 0.119. The largest absolute Gasteiger partial charge is 0.748 e. The van der Waals surface area contributed by atoms with Crippen LogP contribution in [0.3, 0.4) is 0 Å². The van der Waals surface area contributed by atoms with Crippen molar-refractivity contribution in [2.75, 3.05) is 29.5 Å². The highest BCUT2D eigenvalue weighted by Crippen LogP contribution is 2.51. The van der Waals surface area contributed by atoms with Crippen molar-refractivity contribution < 1.29 is 30.5 Å². The van der Waals surface area contributed by atoms with Crippen LogP contribution in [0.5, 0.6) is 0 Å². The van der Waals surface area contributed by atoms with Gasteiger partial charge in [-0.2, -0.15) is 13.0 Å². The topological polar surface area (TPSA) is 118 Å². The maximum absolute atomic E-state index is 11.7. The molecule has 0 amide bonds. The summed E-state index contributed by atoms with van der Waals surface area (Å²) in [4.78, 5) is 2.18. The molecule has 55 heavy (non-hydrogen) atoms. The summed E-state index contributed by atoms with van der Waals surface area (Å²) in [6, 6.07) is 24.9. The molecule has 11 heteroatoms. The van der Waals surface area contributed by atoms with Crippen molar-refractivity contribution in [3.63, 3.8) is 0 Å². The normalized spacial score (nSPS) is 19.8. The number of nitrogens with zero attached hydrogens (tertiary/aromatic N) is 2. The van der Waals surface area contributed by atoms with Crippen molar-refractivity contribution in [2.45, 2.75) is 70.6 Å². The van der Waals surface area contributed by atoms with Gasteiger partial charge in [-0.25, -0.2) is 8.42 Å². The molecule has 0 atom stereocenters. The zero-order valence-electron chi connectivity index (χ0n) is 31.7. The summed E-state index contributed by atoms with van der Waals surface area (Å²) in [7, 11) is -8.46. The number of hydrogen-bond acceptors (Lipinski definition) is 6. The zero-order chi connectivity index (χ0) is 39.3. The van der Waals surface area contributed by atoms with E-state index in [1.165, 1.54) is 11.1 Å². The second-order valence-corrected chi connectivity index (χ2v) is 19.3. The third-order valence-corrected chi connectivity index (χ3v) is 13.5. The van der Waals surface area contributed by atoms with Gasteiger partial charge < -0.3 is 9.45 Å². The Morgan fingerprint density at radius 2 is 1.45 bits per heavy atom. The van der Waals surface area contributed by atoms with Crippen molar-refractivity contribution in [1.29, 1.82) is 0 Å². The minimum atomic E-state index is -4.35. The molecular weight excluding hydrogens is 752 g/mol. The Hall–Kier alpha value is -4.06. The van der Waals surface area contributed by atoms with E-state index in [0.29, 0.717) is 18.1 Å². The van der Waals surface area contributed by atoms with Crippen LogP contribution in [-0.2, 0) is 31.1 Å². The molecule has 0 saturated carbocycles. The van der Waals surface area contributed by atoms with Crippen LogP contribution in [0.1, 0.15) is 70.9 Å². The van der Waals surface area contributed by atoms with Crippen molar-refractivity contribution >= 4 is 70.5 Å². The van der Waals surface area contributed by atoms with Crippen LogP contribution in [0, 0.1) is 0 Å². The summed E-state index contributed by atoms with van der Waals surface area (Å²) in [5.41, 5.74) is 7.62. The Kier molecular flexibility index (Phi) is 10.5. The molecule has 1 aliphatic carbocycles. The molecule has 1 N–H and O–H groups in total. The van der Waals surface area contributed by atoms with E-state index in [1.54, 1.807) is 0 Å². The van der Waals surface area contributed by atoms with Gasteiger partial charge in [-0.3, -0.25) is 4.55 Å². The van der Waals surface area contributed by atoms with E-state index in [1.807, 2.05) is 24.3 Å². The van der Waals surface area contributed by atoms with Gasteiger partial charge in [0.1, 0.15) is 6.54 Å². The molecule has 2 aliphatic heterocycles. The molecule has 0 saturated heterocycles. The van der Waals surface area contributed by atoms with Crippen LogP contribution in [0.15, 0.2) is 119 Å². The lowest BCUT2D eigenvalue weighted by Gasteiger charge is -2.27. The standard InChI is InChI=1S/C44H47ClN2O6S2/c1-43(2)38(46(26-10-28-54(48,49)50)36-22-18-30-12-5-7-16-34(30)40(36)43)24-20-32-14-9-15-33(42(32)45)21-25-39-44(3,4)41-35-17-8-6-13-31(35)19-23-37(41)47(39)27-11-29-55(51,52)53/h5-8,12-13,16-25H,9-11,14-15,26-29H2,1-4H3,(H-,48,49,50,51,52,53). The average molecular weight is 799 g/mol. The molecule has 0 fully saturated rings. The molecule has 0 unspecified atom stereocenters. The summed E-state index contributed by atoms with van der Waals surface area (Å²) in [5.74, 6) is -0.752. The maximum Gasteiger partial charge on any atom is 0.264 e.